The first-order valence-corrected chi connectivity index (χ1v) is 13.4. The van der Waals surface area contributed by atoms with Gasteiger partial charge in [0, 0.05) is 36.2 Å². The fourth-order valence-electron chi connectivity index (χ4n) is 4.99. The molecule has 1 N–H and O–H groups in total. The molecule has 9 heteroatoms. The lowest BCUT2D eigenvalue weighted by Crippen LogP contribution is -2.49. The van der Waals surface area contributed by atoms with Gasteiger partial charge in [-0.15, -0.1) is 0 Å². The molecule has 180 valence electrons. The number of benzene rings is 1. The molecule has 1 saturated carbocycles. The zero-order valence-electron chi connectivity index (χ0n) is 19.3. The third kappa shape index (κ3) is 5.58. The van der Waals surface area contributed by atoms with Crippen LogP contribution in [0.2, 0.25) is 0 Å². The number of hydrogen-bond donors (Lipinski definition) is 1. The number of carbonyl (C=O) groups is 2. The number of hydrogen-bond acceptors (Lipinski definition) is 5. The molecule has 4 rings (SSSR count). The van der Waals surface area contributed by atoms with Crippen molar-refractivity contribution in [3.63, 3.8) is 0 Å². The van der Waals surface area contributed by atoms with E-state index in [1.807, 2.05) is 19.9 Å². The minimum absolute atomic E-state index is 0.0315. The minimum atomic E-state index is -3.87. The van der Waals surface area contributed by atoms with E-state index < -0.39 is 21.5 Å². The van der Waals surface area contributed by atoms with Crippen LogP contribution in [-0.4, -0.2) is 66.8 Å². The number of nitrogens with zero attached hydrogens (tertiary/aromatic N) is 2. The highest BCUT2D eigenvalue weighted by atomic mass is 32.2. The molecule has 1 saturated heterocycles. The van der Waals surface area contributed by atoms with Gasteiger partial charge in [0.25, 0.3) is 0 Å². The number of ether oxygens (including phenoxy) is 1. The molecular weight excluding hydrogens is 442 g/mol. The summed E-state index contributed by atoms with van der Waals surface area (Å²) in [6.07, 6.45) is 6.47. The zero-order chi connectivity index (χ0) is 23.6. The first kappa shape index (κ1) is 23.8. The van der Waals surface area contributed by atoms with Gasteiger partial charge in [-0.2, -0.15) is 0 Å². The highest BCUT2D eigenvalue weighted by Gasteiger charge is 2.29. The number of rotatable bonds is 6. The van der Waals surface area contributed by atoms with Crippen molar-refractivity contribution in [2.75, 3.05) is 18.8 Å². The van der Waals surface area contributed by atoms with Crippen LogP contribution < -0.4 is 5.32 Å². The van der Waals surface area contributed by atoms with E-state index in [1.165, 1.54) is 6.20 Å². The predicted molar refractivity (Wildman–Crippen MR) is 126 cm³/mol. The number of nitrogens with one attached hydrogen (secondary N) is 1. The molecule has 2 amide bonds. The maximum absolute atomic E-state index is 13.2. The summed E-state index contributed by atoms with van der Waals surface area (Å²) in [6.45, 7) is 4.92. The molecule has 8 nitrogen and oxygen atoms in total. The van der Waals surface area contributed by atoms with Crippen LogP contribution in [-0.2, 0) is 30.7 Å². The lowest BCUT2D eigenvalue weighted by molar-refractivity contribution is -0.143. The van der Waals surface area contributed by atoms with Crippen molar-refractivity contribution < 1.29 is 22.7 Å². The van der Waals surface area contributed by atoms with Gasteiger partial charge in [0.05, 0.1) is 17.1 Å². The normalized spacial score (nSPS) is 22.4. The molecule has 1 aromatic heterocycles. The Morgan fingerprint density at radius 3 is 2.42 bits per heavy atom. The number of amides is 2. The SMILES string of the molecule is CC1CN(C(=O)Cn2cc(S(=O)(=O)CC(=O)NC3CCCCC3)c3ccccc32)CC(C)O1. The van der Waals surface area contributed by atoms with Gasteiger partial charge in [-0.25, -0.2) is 8.42 Å². The van der Waals surface area contributed by atoms with Gasteiger partial charge in [0.15, 0.2) is 9.84 Å². The van der Waals surface area contributed by atoms with Crippen LogP contribution in [0.5, 0.6) is 0 Å². The highest BCUT2D eigenvalue weighted by molar-refractivity contribution is 7.92. The molecule has 2 unspecified atom stereocenters. The van der Waals surface area contributed by atoms with Crippen molar-refractivity contribution in [2.24, 2.45) is 0 Å². The average molecular weight is 476 g/mol. The second kappa shape index (κ2) is 9.85. The molecule has 1 aromatic carbocycles. The van der Waals surface area contributed by atoms with Gasteiger partial charge >= 0.3 is 0 Å². The fraction of sp³-hybridized carbons (Fsp3) is 0.583. The summed E-state index contributed by atoms with van der Waals surface area (Å²) in [4.78, 5) is 27.4. The number of aromatic nitrogens is 1. The quantitative estimate of drug-likeness (QED) is 0.692. The molecule has 2 atom stereocenters. The Bertz CT molecular complexity index is 1110. The molecular formula is C24H33N3O5S. The molecule has 2 heterocycles. The van der Waals surface area contributed by atoms with Crippen LogP contribution in [0.15, 0.2) is 35.4 Å². The van der Waals surface area contributed by atoms with E-state index in [2.05, 4.69) is 5.32 Å². The Balaban J connectivity index is 1.53. The summed E-state index contributed by atoms with van der Waals surface area (Å²) in [7, 11) is -3.87. The largest absolute Gasteiger partial charge is 0.372 e. The topological polar surface area (TPSA) is 97.7 Å². The van der Waals surface area contributed by atoms with E-state index in [0.717, 1.165) is 32.1 Å². The Kier molecular flexibility index (Phi) is 7.09. The van der Waals surface area contributed by atoms with Crippen LogP contribution in [0.4, 0.5) is 0 Å². The predicted octanol–water partition coefficient (Wildman–Crippen LogP) is 2.50. The molecule has 2 aromatic rings. The second-order valence-corrected chi connectivity index (χ2v) is 11.3. The number of carbonyl (C=O) groups excluding carboxylic acids is 2. The summed E-state index contributed by atoms with van der Waals surface area (Å²) in [5.41, 5.74) is 0.659. The number of fused-ring (bicyclic) bond motifs is 1. The van der Waals surface area contributed by atoms with Crippen molar-refractivity contribution in [1.29, 1.82) is 0 Å². The van der Waals surface area contributed by atoms with E-state index in [9.17, 15) is 18.0 Å². The molecule has 2 aliphatic rings. The Morgan fingerprint density at radius 2 is 1.73 bits per heavy atom. The fourth-order valence-corrected chi connectivity index (χ4v) is 6.37. The molecule has 33 heavy (non-hydrogen) atoms. The molecule has 0 bridgehead atoms. The average Bonchev–Trinajstić information content (AvgIpc) is 3.13. The van der Waals surface area contributed by atoms with Crippen molar-refractivity contribution >= 4 is 32.6 Å². The van der Waals surface area contributed by atoms with E-state index in [1.54, 1.807) is 27.7 Å². The third-order valence-electron chi connectivity index (χ3n) is 6.46. The van der Waals surface area contributed by atoms with Gasteiger partial charge < -0.3 is 19.5 Å². The van der Waals surface area contributed by atoms with Gasteiger partial charge in [0.2, 0.25) is 11.8 Å². The molecule has 0 spiro atoms. The highest BCUT2D eigenvalue weighted by Crippen LogP contribution is 2.27. The molecule has 1 aliphatic heterocycles. The molecule has 2 fully saturated rings. The van der Waals surface area contributed by atoms with Gasteiger partial charge in [-0.05, 0) is 32.8 Å². The van der Waals surface area contributed by atoms with E-state index in [-0.39, 0.29) is 35.6 Å². The molecule has 1 aliphatic carbocycles. The van der Waals surface area contributed by atoms with Crippen LogP contribution in [0.25, 0.3) is 10.9 Å². The lowest BCUT2D eigenvalue weighted by atomic mass is 9.95. The summed E-state index contributed by atoms with van der Waals surface area (Å²) in [6, 6.07) is 7.16. The summed E-state index contributed by atoms with van der Waals surface area (Å²) >= 11 is 0. The minimum Gasteiger partial charge on any atom is -0.372 e. The molecule has 0 radical (unpaired) electrons. The van der Waals surface area contributed by atoms with Crippen molar-refractivity contribution in [1.82, 2.24) is 14.8 Å². The zero-order valence-corrected chi connectivity index (χ0v) is 20.1. The number of sulfone groups is 1. The standard InChI is InChI=1S/C24H33N3O5S/c1-17-12-27(13-18(2)32-17)24(29)15-26-14-22(20-10-6-7-11-21(20)26)33(30,31)16-23(28)25-19-8-4-3-5-9-19/h6-7,10-11,14,17-19H,3-5,8-9,12-13,15-16H2,1-2H3,(H,25,28). The van der Waals surface area contributed by atoms with Crippen molar-refractivity contribution in [2.45, 2.75) is 75.6 Å². The van der Waals surface area contributed by atoms with Crippen LogP contribution in [0, 0.1) is 0 Å². The Morgan fingerprint density at radius 1 is 1.06 bits per heavy atom. The smallest absolute Gasteiger partial charge is 0.242 e. The van der Waals surface area contributed by atoms with Crippen LogP contribution >= 0.6 is 0 Å². The van der Waals surface area contributed by atoms with Crippen molar-refractivity contribution in [3.8, 4) is 0 Å². The Hall–Kier alpha value is -2.39. The van der Waals surface area contributed by atoms with E-state index >= 15 is 0 Å². The number of para-hydroxylation sites is 1. The summed E-state index contributed by atoms with van der Waals surface area (Å²) in [5, 5.41) is 3.41. The van der Waals surface area contributed by atoms with Crippen LogP contribution in [0.1, 0.15) is 46.0 Å². The van der Waals surface area contributed by atoms with Gasteiger partial charge in [0.1, 0.15) is 12.3 Å². The summed E-state index contributed by atoms with van der Waals surface area (Å²) < 4.78 is 33.8. The van der Waals surface area contributed by atoms with E-state index in [4.69, 9.17) is 4.74 Å². The van der Waals surface area contributed by atoms with E-state index in [0.29, 0.717) is 24.0 Å². The third-order valence-corrected chi connectivity index (χ3v) is 8.09. The van der Waals surface area contributed by atoms with Crippen molar-refractivity contribution in [3.05, 3.63) is 30.5 Å². The number of morpholine rings is 1. The Labute approximate surface area is 195 Å². The second-order valence-electron chi connectivity index (χ2n) is 9.36. The lowest BCUT2D eigenvalue weighted by Gasteiger charge is -2.35. The monoisotopic (exact) mass is 475 g/mol. The first-order chi connectivity index (χ1) is 15.7. The van der Waals surface area contributed by atoms with Crippen LogP contribution in [0.3, 0.4) is 0 Å². The maximum atomic E-state index is 13.2. The summed E-state index contributed by atoms with van der Waals surface area (Å²) in [5.74, 6) is -1.15. The maximum Gasteiger partial charge on any atom is 0.242 e. The first-order valence-electron chi connectivity index (χ1n) is 11.8. The van der Waals surface area contributed by atoms with Gasteiger partial charge in [-0.1, -0.05) is 37.5 Å². The van der Waals surface area contributed by atoms with Gasteiger partial charge in [-0.3, -0.25) is 9.59 Å².